The molecule has 264 valence electrons. The van der Waals surface area contributed by atoms with E-state index in [0.29, 0.717) is 24.7 Å². The van der Waals surface area contributed by atoms with Crippen molar-refractivity contribution < 1.29 is 14.3 Å². The average molecular weight is 689 g/mol. The van der Waals surface area contributed by atoms with E-state index in [0.717, 1.165) is 99.1 Å². The van der Waals surface area contributed by atoms with Gasteiger partial charge in [0.05, 0.1) is 42.8 Å². The Hall–Kier alpha value is -5.27. The summed E-state index contributed by atoms with van der Waals surface area (Å²) < 4.78 is 9.71. The number of amides is 2. The van der Waals surface area contributed by atoms with Gasteiger partial charge in [0.25, 0.3) is 0 Å². The number of imide groups is 1. The number of fused-ring (bicyclic) bond motifs is 1. The highest BCUT2D eigenvalue weighted by Crippen LogP contribution is 2.32. The van der Waals surface area contributed by atoms with Gasteiger partial charge in [-0.15, -0.1) is 0 Å². The smallest absolute Gasteiger partial charge is 0.234 e. The summed E-state index contributed by atoms with van der Waals surface area (Å²) in [5.41, 5.74) is 5.67. The van der Waals surface area contributed by atoms with Crippen LogP contribution in [-0.4, -0.2) is 105 Å². The molecule has 0 saturated carbocycles. The zero-order valence-electron chi connectivity index (χ0n) is 28.9. The highest BCUT2D eigenvalue weighted by molar-refractivity contribution is 6.01. The van der Waals surface area contributed by atoms with Crippen LogP contribution in [0, 0.1) is 0 Å². The number of hydrogen-bond donors (Lipinski definition) is 2. The van der Waals surface area contributed by atoms with Gasteiger partial charge >= 0.3 is 0 Å². The molecule has 0 radical (unpaired) electrons. The van der Waals surface area contributed by atoms with E-state index >= 15 is 0 Å². The molecule has 8 rings (SSSR count). The van der Waals surface area contributed by atoms with E-state index in [1.165, 1.54) is 5.69 Å². The van der Waals surface area contributed by atoms with Crippen LogP contribution in [0.25, 0.3) is 16.9 Å². The van der Waals surface area contributed by atoms with Crippen LogP contribution in [0.3, 0.4) is 0 Å². The lowest BCUT2D eigenvalue weighted by molar-refractivity contribution is -0.134. The molecule has 13 nitrogen and oxygen atoms in total. The van der Waals surface area contributed by atoms with E-state index in [9.17, 15) is 9.59 Å². The van der Waals surface area contributed by atoms with Gasteiger partial charge in [0.15, 0.2) is 11.5 Å². The lowest BCUT2D eigenvalue weighted by Crippen LogP contribution is -2.49. The number of imidazole rings is 1. The first-order chi connectivity index (χ1) is 25.0. The molecule has 1 atom stereocenters. The third-order valence-corrected chi connectivity index (χ3v) is 10.6. The summed E-state index contributed by atoms with van der Waals surface area (Å²) in [6.45, 7) is 8.34. The van der Waals surface area contributed by atoms with Gasteiger partial charge in [0.2, 0.25) is 11.8 Å². The Morgan fingerprint density at radius 1 is 0.882 bits per heavy atom. The largest absolute Gasteiger partial charge is 0.496 e. The summed E-state index contributed by atoms with van der Waals surface area (Å²) in [5, 5.41) is 10.6. The van der Waals surface area contributed by atoms with Crippen molar-refractivity contribution in [1.82, 2.24) is 39.3 Å². The fourth-order valence-electron chi connectivity index (χ4n) is 7.65. The zero-order valence-corrected chi connectivity index (χ0v) is 28.9. The van der Waals surface area contributed by atoms with E-state index in [2.05, 4.69) is 53.3 Å². The third kappa shape index (κ3) is 7.04. The number of benzene rings is 2. The summed E-state index contributed by atoms with van der Waals surface area (Å²) in [7, 11) is 1.68. The quantitative estimate of drug-likeness (QED) is 0.205. The van der Waals surface area contributed by atoms with Crippen molar-refractivity contribution in [1.29, 1.82) is 0 Å². The average Bonchev–Trinajstić information content (AvgIpc) is 3.86. The summed E-state index contributed by atoms with van der Waals surface area (Å²) in [6, 6.07) is 16.6. The van der Waals surface area contributed by atoms with Crippen LogP contribution < -0.4 is 20.3 Å². The Bertz CT molecular complexity index is 1990. The lowest BCUT2D eigenvalue weighted by atomic mass is 9.90. The third-order valence-electron chi connectivity index (χ3n) is 10.6. The number of hydrogen-bond acceptors (Lipinski definition) is 10. The maximum Gasteiger partial charge on any atom is 0.234 e. The highest BCUT2D eigenvalue weighted by Gasteiger charge is 2.28. The minimum atomic E-state index is -0.236. The molecule has 3 fully saturated rings. The molecule has 1 unspecified atom stereocenters. The first-order valence-corrected chi connectivity index (χ1v) is 17.9. The molecule has 13 heteroatoms. The monoisotopic (exact) mass is 688 g/mol. The number of ether oxygens (including phenoxy) is 1. The summed E-state index contributed by atoms with van der Waals surface area (Å²) >= 11 is 0. The molecule has 2 amide bonds. The number of nitrogens with zero attached hydrogens (tertiary/aromatic N) is 8. The number of piperazine rings is 1. The number of nitrogens with one attached hydrogen (secondary N) is 2. The highest BCUT2D eigenvalue weighted by atomic mass is 16.5. The Morgan fingerprint density at radius 3 is 2.41 bits per heavy atom. The second kappa shape index (κ2) is 14.5. The summed E-state index contributed by atoms with van der Waals surface area (Å²) in [5.74, 6) is 0.872. The van der Waals surface area contributed by atoms with Crippen LogP contribution in [0.2, 0.25) is 0 Å². The number of methoxy groups -OCH3 is 1. The molecule has 3 aromatic heterocycles. The van der Waals surface area contributed by atoms with Crippen molar-refractivity contribution in [2.75, 3.05) is 69.7 Å². The van der Waals surface area contributed by atoms with Crippen molar-refractivity contribution in [2.45, 2.75) is 37.6 Å². The summed E-state index contributed by atoms with van der Waals surface area (Å²) in [6.07, 6.45) is 12.6. The van der Waals surface area contributed by atoms with E-state index in [4.69, 9.17) is 14.8 Å². The molecule has 2 N–H and O–H groups in total. The number of aromatic nitrogens is 5. The Kier molecular flexibility index (Phi) is 9.37. The maximum atomic E-state index is 12.3. The molecule has 0 aliphatic carbocycles. The number of piperidine rings is 2. The molecule has 2 aromatic carbocycles. The van der Waals surface area contributed by atoms with Gasteiger partial charge < -0.3 is 19.9 Å². The molecule has 51 heavy (non-hydrogen) atoms. The normalized spacial score (nSPS) is 19.4. The van der Waals surface area contributed by atoms with Gasteiger partial charge in [-0.3, -0.25) is 28.9 Å². The van der Waals surface area contributed by atoms with E-state index in [1.54, 1.807) is 13.3 Å². The lowest BCUT2D eigenvalue weighted by Gasteiger charge is -2.38. The van der Waals surface area contributed by atoms with Gasteiger partial charge in [-0.1, -0.05) is 24.3 Å². The van der Waals surface area contributed by atoms with Crippen molar-refractivity contribution >= 4 is 34.7 Å². The Labute approximate surface area is 297 Å². The number of likely N-dealkylation sites (tertiary alicyclic amines) is 1. The second-order valence-electron chi connectivity index (χ2n) is 13.6. The van der Waals surface area contributed by atoms with Crippen LogP contribution in [0.5, 0.6) is 5.75 Å². The van der Waals surface area contributed by atoms with Crippen LogP contribution in [-0.2, 0) is 9.59 Å². The first-order valence-electron chi connectivity index (χ1n) is 17.9. The van der Waals surface area contributed by atoms with Crippen molar-refractivity contribution in [3.8, 4) is 17.0 Å². The summed E-state index contributed by atoms with van der Waals surface area (Å²) in [4.78, 5) is 40.7. The van der Waals surface area contributed by atoms with Crippen LogP contribution in [0.1, 0.15) is 43.2 Å². The Morgan fingerprint density at radius 2 is 1.65 bits per heavy atom. The molecule has 5 aromatic rings. The molecular formula is C38H44N10O3. The fourth-order valence-corrected chi connectivity index (χ4v) is 7.65. The van der Waals surface area contributed by atoms with Crippen LogP contribution >= 0.6 is 0 Å². The molecule has 3 aliphatic rings. The van der Waals surface area contributed by atoms with Crippen molar-refractivity contribution in [2.24, 2.45) is 0 Å². The standard InChI is InChI=1S/C38H44N10O3/c1-51-34-5-3-2-4-32(34)33-25-40-36(37-39-14-17-47(33)37)42-28-24-41-48(26-28)30-12-15-44(16-13-30)18-19-45-20-22-46(23-21-45)29-8-6-27(7-9-29)31-10-11-35(49)43-38(31)50/h2-9,14,17,24-26,30-31H,10-13,15-16,18-23H2,1H3,(H,40,42)(H,43,49,50). The SMILES string of the molecule is COc1ccccc1-c1cnc(Nc2cnn(C3CCN(CCN4CCN(c5ccc(C6CCC(=O)NC6=O)cc5)CC4)CC3)c2)c2nccn12. The van der Waals surface area contributed by atoms with E-state index < -0.39 is 0 Å². The number of rotatable bonds is 10. The number of carbonyl (C=O) groups is 2. The second-order valence-corrected chi connectivity index (χ2v) is 13.6. The van der Waals surface area contributed by atoms with E-state index in [1.807, 2.05) is 59.4 Å². The van der Waals surface area contributed by atoms with Gasteiger partial charge in [0, 0.05) is 88.6 Å². The topological polar surface area (TPSA) is 125 Å². The maximum absolute atomic E-state index is 12.3. The van der Waals surface area contributed by atoms with E-state index in [-0.39, 0.29) is 17.7 Å². The molecule has 0 spiro atoms. The fraction of sp³-hybridized carbons (Fsp3) is 0.395. The molecule has 3 aliphatic heterocycles. The van der Waals surface area contributed by atoms with Crippen molar-refractivity contribution in [3.05, 3.63) is 85.1 Å². The van der Waals surface area contributed by atoms with Crippen molar-refractivity contribution in [3.63, 3.8) is 0 Å². The predicted molar refractivity (Wildman–Crippen MR) is 195 cm³/mol. The van der Waals surface area contributed by atoms with Crippen LogP contribution in [0.15, 0.2) is 79.5 Å². The number of carbonyl (C=O) groups excluding carboxylic acids is 2. The molecular weight excluding hydrogens is 644 g/mol. The number of para-hydroxylation sites is 1. The number of anilines is 3. The Balaban J connectivity index is 0.793. The minimum absolute atomic E-state index is 0.174. The molecule has 0 bridgehead atoms. The van der Waals surface area contributed by atoms with Crippen LogP contribution in [0.4, 0.5) is 17.2 Å². The predicted octanol–water partition coefficient (Wildman–Crippen LogP) is 4.32. The first kappa shape index (κ1) is 32.9. The van der Waals surface area contributed by atoms with Gasteiger partial charge in [-0.05, 0) is 49.1 Å². The zero-order chi connectivity index (χ0) is 34.7. The van der Waals surface area contributed by atoms with Gasteiger partial charge in [-0.25, -0.2) is 9.97 Å². The molecule has 3 saturated heterocycles. The van der Waals surface area contributed by atoms with Gasteiger partial charge in [-0.2, -0.15) is 5.10 Å². The van der Waals surface area contributed by atoms with Gasteiger partial charge in [0.1, 0.15) is 5.75 Å². The molecule has 6 heterocycles. The minimum Gasteiger partial charge on any atom is -0.496 e.